The molecule has 27 heavy (non-hydrogen) atoms. The summed E-state index contributed by atoms with van der Waals surface area (Å²) in [6.45, 7) is 5.48. The average molecular weight is 412 g/mol. The van der Waals surface area contributed by atoms with E-state index in [1.807, 2.05) is 6.92 Å². The normalized spacial score (nSPS) is 16.3. The molecule has 0 radical (unpaired) electrons. The van der Waals surface area contributed by atoms with E-state index in [0.717, 1.165) is 4.90 Å². The van der Waals surface area contributed by atoms with Gasteiger partial charge in [-0.05, 0) is 38.5 Å². The lowest BCUT2D eigenvalue weighted by Gasteiger charge is -2.16. The summed E-state index contributed by atoms with van der Waals surface area (Å²) < 4.78 is 0. The minimum atomic E-state index is -0.858. The molecule has 0 spiro atoms. The van der Waals surface area contributed by atoms with Crippen molar-refractivity contribution in [2.45, 2.75) is 39.7 Å². The maximum atomic E-state index is 12.3. The second-order valence-corrected chi connectivity index (χ2v) is 6.79. The molecule has 3 amide bonds. The first kappa shape index (κ1) is 20.9. The number of guanidine groups is 2. The monoisotopic (exact) mass is 411 g/mol. The Kier molecular flexibility index (Phi) is 6.92. The first-order valence-electron chi connectivity index (χ1n) is 8.29. The van der Waals surface area contributed by atoms with Gasteiger partial charge in [0.05, 0.1) is 15.7 Å². The van der Waals surface area contributed by atoms with Gasteiger partial charge in [-0.25, -0.2) is 9.89 Å². The molecular weight excluding hydrogens is 393 g/mol. The predicted molar refractivity (Wildman–Crippen MR) is 105 cm³/mol. The van der Waals surface area contributed by atoms with E-state index in [1.54, 1.807) is 13.8 Å². The maximum Gasteiger partial charge on any atom is 0.323 e. The van der Waals surface area contributed by atoms with Crippen LogP contribution in [-0.4, -0.2) is 35.7 Å². The zero-order valence-electron chi connectivity index (χ0n) is 15.0. The number of nitrogens with zero attached hydrogens (tertiary/aromatic N) is 3. The molecule has 0 aliphatic carbocycles. The third kappa shape index (κ3) is 5.27. The highest BCUT2D eigenvalue weighted by Crippen LogP contribution is 2.28. The summed E-state index contributed by atoms with van der Waals surface area (Å²) in [6.07, 6.45) is 0.950. The number of hydrogen-bond acceptors (Lipinski definition) is 4. The number of halogens is 2. The van der Waals surface area contributed by atoms with E-state index >= 15 is 0 Å². The summed E-state index contributed by atoms with van der Waals surface area (Å²) in [4.78, 5) is 45.5. The highest BCUT2D eigenvalue weighted by molar-refractivity contribution is 6.54. The molecule has 0 unspecified atom stereocenters. The Bertz CT molecular complexity index is 836. The molecule has 0 atom stereocenters. The summed E-state index contributed by atoms with van der Waals surface area (Å²) in [7, 11) is 0. The molecule has 1 aliphatic rings. The summed E-state index contributed by atoms with van der Waals surface area (Å²) in [6, 6.07) is 4.29. The second kappa shape index (κ2) is 8.96. The molecule has 10 heteroatoms. The summed E-state index contributed by atoms with van der Waals surface area (Å²) >= 11 is 11.9. The highest BCUT2D eigenvalue weighted by Gasteiger charge is 2.37. The van der Waals surface area contributed by atoms with Crippen LogP contribution in [-0.2, 0) is 14.4 Å². The largest absolute Gasteiger partial charge is 0.323 e. The van der Waals surface area contributed by atoms with Gasteiger partial charge in [0.1, 0.15) is 0 Å². The van der Waals surface area contributed by atoms with Crippen molar-refractivity contribution < 1.29 is 14.4 Å². The molecule has 144 valence electrons. The molecule has 1 aliphatic heterocycles. The molecule has 2 rings (SSSR count). The first-order chi connectivity index (χ1) is 12.7. The van der Waals surface area contributed by atoms with E-state index in [0.29, 0.717) is 23.6 Å². The van der Waals surface area contributed by atoms with E-state index < -0.39 is 11.8 Å². The number of nitrogens with one attached hydrogen (secondary N) is 2. The minimum absolute atomic E-state index is 0.00138. The Morgan fingerprint density at radius 3 is 2.56 bits per heavy atom. The van der Waals surface area contributed by atoms with E-state index in [2.05, 4.69) is 20.6 Å². The molecule has 1 heterocycles. The first-order valence-corrected chi connectivity index (χ1v) is 9.05. The van der Waals surface area contributed by atoms with Crippen LogP contribution in [0, 0.1) is 0 Å². The van der Waals surface area contributed by atoms with Crippen molar-refractivity contribution in [3.05, 3.63) is 28.2 Å². The maximum absolute atomic E-state index is 12.3. The van der Waals surface area contributed by atoms with Crippen molar-refractivity contribution in [2.24, 2.45) is 9.98 Å². The van der Waals surface area contributed by atoms with Crippen molar-refractivity contribution >= 4 is 58.5 Å². The van der Waals surface area contributed by atoms with Crippen molar-refractivity contribution in [3.63, 3.8) is 0 Å². The van der Waals surface area contributed by atoms with Crippen molar-refractivity contribution in [1.82, 2.24) is 10.6 Å². The topological polar surface area (TPSA) is 103 Å². The van der Waals surface area contributed by atoms with Gasteiger partial charge in [0.25, 0.3) is 0 Å². The Balaban J connectivity index is 2.43. The van der Waals surface area contributed by atoms with Crippen LogP contribution in [0.3, 0.4) is 0 Å². The predicted octanol–water partition coefficient (Wildman–Crippen LogP) is 2.49. The van der Waals surface area contributed by atoms with Crippen LogP contribution in [0.1, 0.15) is 33.6 Å². The molecule has 1 aromatic carbocycles. The lowest BCUT2D eigenvalue weighted by molar-refractivity contribution is -0.134. The zero-order valence-corrected chi connectivity index (χ0v) is 16.6. The van der Waals surface area contributed by atoms with Crippen LogP contribution in [0.15, 0.2) is 28.2 Å². The molecule has 1 fully saturated rings. The van der Waals surface area contributed by atoms with E-state index in [1.165, 1.54) is 18.2 Å². The number of amides is 3. The number of anilines is 1. The number of carbonyl (C=O) groups is 3. The quantitative estimate of drug-likeness (QED) is 0.451. The van der Waals surface area contributed by atoms with Crippen molar-refractivity contribution in [2.75, 3.05) is 4.90 Å². The third-order valence-electron chi connectivity index (χ3n) is 3.32. The fourth-order valence-electron chi connectivity index (χ4n) is 2.20. The number of carbonyl (C=O) groups excluding carboxylic acids is 3. The molecule has 0 bridgehead atoms. The Hall–Kier alpha value is -2.45. The van der Waals surface area contributed by atoms with Crippen LogP contribution in [0.25, 0.3) is 0 Å². The lowest BCUT2D eigenvalue weighted by Crippen LogP contribution is -2.37. The average Bonchev–Trinajstić information content (AvgIpc) is 2.84. The zero-order chi connectivity index (χ0) is 20.1. The van der Waals surface area contributed by atoms with E-state index in [-0.39, 0.29) is 28.9 Å². The van der Waals surface area contributed by atoms with Gasteiger partial charge < -0.3 is 0 Å². The SMILES string of the molecule is CCCC(=O)NC(=NC(C)C)/N=C1\NC(=O)C(=O)N1c1ccc(Cl)c(Cl)c1. The van der Waals surface area contributed by atoms with Crippen LogP contribution < -0.4 is 15.5 Å². The fraction of sp³-hybridized carbons (Fsp3) is 0.353. The number of hydrogen-bond donors (Lipinski definition) is 2. The summed E-state index contributed by atoms with van der Waals surface area (Å²) in [5.74, 6) is -2.05. The Morgan fingerprint density at radius 1 is 1.26 bits per heavy atom. The van der Waals surface area contributed by atoms with E-state index in [9.17, 15) is 14.4 Å². The minimum Gasteiger partial charge on any atom is -0.295 e. The molecule has 2 N–H and O–H groups in total. The summed E-state index contributed by atoms with van der Waals surface area (Å²) in [5.41, 5.74) is 0.301. The molecule has 0 aromatic heterocycles. The van der Waals surface area contributed by atoms with Gasteiger partial charge in [0, 0.05) is 12.5 Å². The smallest absolute Gasteiger partial charge is 0.295 e. The van der Waals surface area contributed by atoms with Crippen LogP contribution in [0.5, 0.6) is 0 Å². The van der Waals surface area contributed by atoms with Gasteiger partial charge in [0.15, 0.2) is 0 Å². The van der Waals surface area contributed by atoms with E-state index in [4.69, 9.17) is 23.2 Å². The van der Waals surface area contributed by atoms with Crippen molar-refractivity contribution in [3.8, 4) is 0 Å². The Labute approximate surface area is 166 Å². The van der Waals surface area contributed by atoms with Gasteiger partial charge in [-0.1, -0.05) is 30.1 Å². The number of aliphatic imine (C=N–C) groups is 2. The lowest BCUT2D eigenvalue weighted by atomic mass is 10.3. The number of rotatable bonds is 4. The summed E-state index contributed by atoms with van der Waals surface area (Å²) in [5, 5.41) is 5.48. The fourth-order valence-corrected chi connectivity index (χ4v) is 2.49. The van der Waals surface area contributed by atoms with Gasteiger partial charge in [-0.3, -0.25) is 25.0 Å². The second-order valence-electron chi connectivity index (χ2n) is 5.97. The molecular formula is C17H19Cl2N5O3. The van der Waals surface area contributed by atoms with Gasteiger partial charge in [0.2, 0.25) is 17.8 Å². The standard InChI is InChI=1S/C17H19Cl2N5O3/c1-4-5-13(25)21-16(20-9(2)3)23-17-22-14(26)15(27)24(17)10-6-7-11(18)12(19)8-10/h6-9H,4-5H2,1-3H3,(H2,20,21,22,23,25,26). The van der Waals surface area contributed by atoms with Gasteiger partial charge in [-0.2, -0.15) is 4.99 Å². The molecule has 0 saturated carbocycles. The van der Waals surface area contributed by atoms with Crippen LogP contribution in [0.4, 0.5) is 5.69 Å². The Morgan fingerprint density at radius 2 is 1.96 bits per heavy atom. The van der Waals surface area contributed by atoms with Gasteiger partial charge >= 0.3 is 11.8 Å². The van der Waals surface area contributed by atoms with Crippen LogP contribution in [0.2, 0.25) is 10.0 Å². The number of benzene rings is 1. The molecule has 1 saturated heterocycles. The third-order valence-corrected chi connectivity index (χ3v) is 4.06. The highest BCUT2D eigenvalue weighted by atomic mass is 35.5. The molecule has 1 aromatic rings. The molecule has 8 nitrogen and oxygen atoms in total. The van der Waals surface area contributed by atoms with Gasteiger partial charge in [-0.15, -0.1) is 0 Å². The van der Waals surface area contributed by atoms with Crippen molar-refractivity contribution in [1.29, 1.82) is 0 Å². The van der Waals surface area contributed by atoms with Crippen LogP contribution >= 0.6 is 23.2 Å².